The zero-order valence-corrected chi connectivity index (χ0v) is 19.7. The fraction of sp³-hybridized carbons (Fsp3) is 0.440. The summed E-state index contributed by atoms with van der Waals surface area (Å²) in [5, 5.41) is 0.193. The third-order valence-electron chi connectivity index (χ3n) is 6.17. The zero-order chi connectivity index (χ0) is 23.7. The van der Waals surface area contributed by atoms with Crippen LogP contribution < -0.4 is 16.1 Å². The number of hydrogen-bond donors (Lipinski definition) is 1. The average Bonchev–Trinajstić information content (AvgIpc) is 2.80. The molecule has 8 heteroatoms. The first kappa shape index (κ1) is 22.8. The first-order valence-electron chi connectivity index (χ1n) is 11.6. The molecule has 1 fully saturated rings. The van der Waals surface area contributed by atoms with E-state index in [1.165, 1.54) is 10.1 Å². The fourth-order valence-corrected chi connectivity index (χ4v) is 4.35. The van der Waals surface area contributed by atoms with E-state index in [0.717, 1.165) is 5.69 Å². The Morgan fingerprint density at radius 1 is 1.12 bits per heavy atom. The van der Waals surface area contributed by atoms with Crippen molar-refractivity contribution in [1.29, 1.82) is 0 Å². The number of carbonyl (C=O) groups is 1. The van der Waals surface area contributed by atoms with Crippen LogP contribution in [0.15, 0.2) is 39.9 Å². The van der Waals surface area contributed by atoms with Crippen molar-refractivity contribution in [3.8, 4) is 0 Å². The Balaban J connectivity index is 1.72. The van der Waals surface area contributed by atoms with Crippen molar-refractivity contribution in [1.82, 2.24) is 19.4 Å². The Hall–Kier alpha value is -3.42. The number of H-pyrrole nitrogens is 1. The molecule has 8 nitrogen and oxygen atoms in total. The van der Waals surface area contributed by atoms with Gasteiger partial charge in [0.05, 0.1) is 10.9 Å². The zero-order valence-electron chi connectivity index (χ0n) is 19.7. The lowest BCUT2D eigenvalue weighted by molar-refractivity contribution is 0.0748. The van der Waals surface area contributed by atoms with E-state index in [-0.39, 0.29) is 17.2 Å². The number of fused-ring (bicyclic) bond motifs is 1. The van der Waals surface area contributed by atoms with Crippen LogP contribution in [0.3, 0.4) is 0 Å². The smallest absolute Gasteiger partial charge is 0.329 e. The van der Waals surface area contributed by atoms with Gasteiger partial charge in [-0.05, 0) is 43.0 Å². The topological polar surface area (TPSA) is 91.3 Å². The van der Waals surface area contributed by atoms with Crippen LogP contribution in [-0.4, -0.2) is 51.5 Å². The molecule has 1 saturated heterocycles. The maximum Gasteiger partial charge on any atom is 0.329 e. The lowest BCUT2D eigenvalue weighted by Gasteiger charge is -2.36. The average molecular weight is 450 g/mol. The van der Waals surface area contributed by atoms with Crippen molar-refractivity contribution in [2.75, 3.05) is 31.1 Å². The highest BCUT2D eigenvalue weighted by Crippen LogP contribution is 2.23. The van der Waals surface area contributed by atoms with Gasteiger partial charge in [0.25, 0.3) is 11.5 Å². The van der Waals surface area contributed by atoms with Gasteiger partial charge in [-0.3, -0.25) is 19.1 Å². The highest BCUT2D eigenvalue weighted by atomic mass is 16.2. The number of rotatable bonds is 5. The molecule has 1 aliphatic heterocycles. The van der Waals surface area contributed by atoms with Crippen LogP contribution in [0.5, 0.6) is 0 Å². The molecular weight excluding hydrogens is 418 g/mol. The second-order valence-electron chi connectivity index (χ2n) is 8.98. The molecule has 0 radical (unpaired) electrons. The van der Waals surface area contributed by atoms with Gasteiger partial charge >= 0.3 is 5.69 Å². The van der Waals surface area contributed by atoms with Gasteiger partial charge in [-0.25, -0.2) is 9.78 Å². The highest BCUT2D eigenvalue weighted by Gasteiger charge is 2.27. The predicted octanol–water partition coefficient (Wildman–Crippen LogP) is 2.89. The minimum atomic E-state index is -0.563. The van der Waals surface area contributed by atoms with Gasteiger partial charge in [0, 0.05) is 44.1 Å². The number of aromatic nitrogens is 3. The maximum atomic E-state index is 13.6. The molecule has 0 aliphatic carbocycles. The van der Waals surface area contributed by atoms with Crippen LogP contribution in [0.4, 0.5) is 5.69 Å². The molecule has 174 valence electrons. The molecule has 4 rings (SSSR count). The van der Waals surface area contributed by atoms with Crippen molar-refractivity contribution in [2.45, 2.75) is 46.6 Å². The number of aromatic amines is 1. The van der Waals surface area contributed by atoms with Crippen LogP contribution in [0.25, 0.3) is 11.0 Å². The van der Waals surface area contributed by atoms with Gasteiger partial charge in [0.2, 0.25) is 0 Å². The maximum absolute atomic E-state index is 13.6. The van der Waals surface area contributed by atoms with Gasteiger partial charge in [0.1, 0.15) is 0 Å². The van der Waals surface area contributed by atoms with Gasteiger partial charge in [-0.2, -0.15) is 0 Å². The molecule has 0 unspecified atom stereocenters. The van der Waals surface area contributed by atoms with Gasteiger partial charge in [-0.1, -0.05) is 32.9 Å². The van der Waals surface area contributed by atoms with Gasteiger partial charge in [-0.15, -0.1) is 0 Å². The van der Waals surface area contributed by atoms with Gasteiger partial charge < -0.3 is 9.80 Å². The molecule has 2 aromatic heterocycles. The highest BCUT2D eigenvalue weighted by molar-refractivity contribution is 6.05. The van der Waals surface area contributed by atoms with E-state index in [1.807, 2.05) is 26.8 Å². The summed E-state index contributed by atoms with van der Waals surface area (Å²) in [6, 6.07) is 10.1. The molecule has 0 bridgehead atoms. The Morgan fingerprint density at radius 3 is 2.48 bits per heavy atom. The molecule has 33 heavy (non-hydrogen) atoms. The first-order chi connectivity index (χ1) is 15.8. The van der Waals surface area contributed by atoms with Crippen molar-refractivity contribution >= 4 is 22.6 Å². The molecule has 1 aliphatic rings. The molecule has 1 aromatic carbocycles. The van der Waals surface area contributed by atoms with E-state index in [9.17, 15) is 14.4 Å². The Labute approximate surface area is 192 Å². The second-order valence-corrected chi connectivity index (χ2v) is 8.98. The summed E-state index contributed by atoms with van der Waals surface area (Å²) < 4.78 is 1.47. The number of anilines is 1. The van der Waals surface area contributed by atoms with E-state index in [2.05, 4.69) is 40.0 Å². The molecule has 0 spiro atoms. The summed E-state index contributed by atoms with van der Waals surface area (Å²) in [6.45, 7) is 11.0. The molecule has 0 atom stereocenters. The first-order valence-corrected chi connectivity index (χ1v) is 11.6. The lowest BCUT2D eigenvalue weighted by atomic mass is 10.0. The number of piperazine rings is 1. The Bertz CT molecular complexity index is 1300. The minimum Gasteiger partial charge on any atom is -0.368 e. The SMILES string of the molecule is CCCn1c(=O)[nH]c(=O)c2c(C(=O)N3CCN(c4cccc(C)c4)CC3)cc(C(C)C)nc21. The van der Waals surface area contributed by atoms with Crippen LogP contribution in [0, 0.1) is 6.92 Å². The number of pyridine rings is 1. The van der Waals surface area contributed by atoms with Crippen LogP contribution in [0.2, 0.25) is 0 Å². The molecule has 3 heterocycles. The number of hydrogen-bond acceptors (Lipinski definition) is 5. The van der Waals surface area contributed by atoms with Crippen molar-refractivity contribution < 1.29 is 4.79 Å². The number of carbonyl (C=O) groups excluding carboxylic acids is 1. The largest absolute Gasteiger partial charge is 0.368 e. The number of aryl methyl sites for hydroxylation is 2. The predicted molar refractivity (Wildman–Crippen MR) is 130 cm³/mol. The Kier molecular flexibility index (Phi) is 6.35. The van der Waals surface area contributed by atoms with Crippen molar-refractivity contribution in [3.05, 3.63) is 68.0 Å². The van der Waals surface area contributed by atoms with E-state index in [1.54, 1.807) is 11.0 Å². The fourth-order valence-electron chi connectivity index (χ4n) is 4.35. The third-order valence-corrected chi connectivity index (χ3v) is 6.17. The summed E-state index contributed by atoms with van der Waals surface area (Å²) >= 11 is 0. The third kappa shape index (κ3) is 4.42. The van der Waals surface area contributed by atoms with Gasteiger partial charge in [0.15, 0.2) is 5.65 Å². The molecular formula is C25H31N5O3. The van der Waals surface area contributed by atoms with E-state index in [4.69, 9.17) is 0 Å². The monoisotopic (exact) mass is 449 g/mol. The van der Waals surface area contributed by atoms with Crippen molar-refractivity contribution in [3.63, 3.8) is 0 Å². The summed E-state index contributed by atoms with van der Waals surface area (Å²) in [5.74, 6) is -0.149. The molecule has 1 amide bonds. The second kappa shape index (κ2) is 9.21. The molecule has 1 N–H and O–H groups in total. The standard InChI is InChI=1S/C25H31N5O3/c1-5-9-30-22-21(23(31)27-25(30)33)19(15-20(26-22)16(2)3)24(32)29-12-10-28(11-13-29)18-8-6-7-17(4)14-18/h6-8,14-16H,5,9-13H2,1-4H3,(H,27,31,33). The van der Waals surface area contributed by atoms with E-state index in [0.29, 0.717) is 56.0 Å². The number of nitrogens with zero attached hydrogens (tertiary/aromatic N) is 4. The number of benzene rings is 1. The molecule has 0 saturated carbocycles. The minimum absolute atomic E-state index is 0.0450. The normalized spacial score (nSPS) is 14.3. The quantitative estimate of drug-likeness (QED) is 0.647. The summed E-state index contributed by atoms with van der Waals surface area (Å²) in [5.41, 5.74) is 2.60. The Morgan fingerprint density at radius 2 is 1.85 bits per heavy atom. The van der Waals surface area contributed by atoms with Crippen molar-refractivity contribution in [2.24, 2.45) is 0 Å². The lowest BCUT2D eigenvalue weighted by Crippen LogP contribution is -2.49. The summed E-state index contributed by atoms with van der Waals surface area (Å²) in [6.07, 6.45) is 0.707. The van der Waals surface area contributed by atoms with Crippen LogP contribution in [0.1, 0.15) is 54.7 Å². The van der Waals surface area contributed by atoms with Crippen LogP contribution >= 0.6 is 0 Å². The number of amides is 1. The van der Waals surface area contributed by atoms with E-state index >= 15 is 0 Å². The van der Waals surface area contributed by atoms with Crippen LogP contribution in [-0.2, 0) is 6.54 Å². The van der Waals surface area contributed by atoms with E-state index < -0.39 is 11.2 Å². The number of nitrogens with one attached hydrogen (secondary N) is 1. The molecule has 3 aromatic rings. The summed E-state index contributed by atoms with van der Waals surface area (Å²) in [7, 11) is 0. The summed E-state index contributed by atoms with van der Waals surface area (Å²) in [4.78, 5) is 50.0.